The lowest BCUT2D eigenvalue weighted by Crippen LogP contribution is -2.12. The molecule has 21 heavy (non-hydrogen) atoms. The van der Waals surface area contributed by atoms with Crippen LogP contribution in [0.25, 0.3) is 0 Å². The maximum Gasteiger partial charge on any atom is 0.416 e. The first-order valence-corrected chi connectivity index (χ1v) is 6.16. The van der Waals surface area contributed by atoms with Crippen LogP contribution < -0.4 is 5.32 Å². The molecule has 0 aliphatic carbocycles. The lowest BCUT2D eigenvalue weighted by Gasteiger charge is -2.15. The molecule has 0 saturated heterocycles. The Bertz CT molecular complexity index is 653. The highest BCUT2D eigenvalue weighted by Crippen LogP contribution is 2.33. The molecule has 0 spiro atoms. The molecular weight excluding hydrogens is 286 g/mol. The van der Waals surface area contributed by atoms with Crippen molar-refractivity contribution in [1.29, 1.82) is 0 Å². The van der Waals surface area contributed by atoms with Gasteiger partial charge in [-0.25, -0.2) is 4.39 Å². The summed E-state index contributed by atoms with van der Waals surface area (Å²) in [4.78, 5) is 0. The molecule has 0 atom stereocenters. The van der Waals surface area contributed by atoms with Crippen LogP contribution in [0.1, 0.15) is 16.7 Å². The number of rotatable bonds is 3. The number of alkyl halides is 3. The van der Waals surface area contributed by atoms with E-state index in [4.69, 9.17) is 0 Å². The maximum absolute atomic E-state index is 13.0. The van der Waals surface area contributed by atoms with Crippen molar-refractivity contribution in [1.82, 2.24) is 0 Å². The van der Waals surface area contributed by atoms with E-state index >= 15 is 0 Å². The topological polar surface area (TPSA) is 32.3 Å². The highest BCUT2D eigenvalue weighted by Gasteiger charge is 2.33. The molecule has 2 aromatic rings. The second kappa shape index (κ2) is 5.63. The Morgan fingerprint density at radius 3 is 2.43 bits per heavy atom. The Kier molecular flexibility index (Phi) is 4.06. The van der Waals surface area contributed by atoms with E-state index < -0.39 is 17.6 Å². The highest BCUT2D eigenvalue weighted by molar-refractivity contribution is 5.53. The number of hydrogen-bond donors (Lipinski definition) is 2. The molecule has 2 rings (SSSR count). The summed E-state index contributed by atoms with van der Waals surface area (Å²) in [6, 6.07) is 7.10. The molecule has 0 aromatic heterocycles. The Morgan fingerprint density at radius 2 is 1.81 bits per heavy atom. The van der Waals surface area contributed by atoms with E-state index in [1.54, 1.807) is 13.0 Å². The Labute approximate surface area is 119 Å². The zero-order valence-corrected chi connectivity index (χ0v) is 11.1. The van der Waals surface area contributed by atoms with Crippen molar-refractivity contribution >= 4 is 5.69 Å². The summed E-state index contributed by atoms with van der Waals surface area (Å²) < 4.78 is 51.6. The van der Waals surface area contributed by atoms with Gasteiger partial charge in [-0.05, 0) is 48.4 Å². The van der Waals surface area contributed by atoms with Crippen LogP contribution in [0.2, 0.25) is 0 Å². The van der Waals surface area contributed by atoms with Gasteiger partial charge in [0, 0.05) is 12.2 Å². The Balaban J connectivity index is 2.24. The molecule has 0 fully saturated rings. The van der Waals surface area contributed by atoms with E-state index in [-0.39, 0.29) is 17.9 Å². The van der Waals surface area contributed by atoms with Crippen molar-refractivity contribution < 1.29 is 22.7 Å². The molecule has 0 aliphatic rings. The third-order valence-electron chi connectivity index (χ3n) is 3.06. The average Bonchev–Trinajstić information content (AvgIpc) is 2.38. The quantitative estimate of drug-likeness (QED) is 0.647. The molecule has 0 heterocycles. The molecule has 2 N–H and O–H groups in total. The van der Waals surface area contributed by atoms with Crippen molar-refractivity contribution in [3.8, 4) is 5.75 Å². The van der Waals surface area contributed by atoms with Crippen LogP contribution in [0, 0.1) is 12.7 Å². The highest BCUT2D eigenvalue weighted by atomic mass is 19.4. The summed E-state index contributed by atoms with van der Waals surface area (Å²) in [7, 11) is 0. The number of halogens is 4. The Hall–Kier alpha value is -2.24. The first kappa shape index (κ1) is 15.2. The number of benzene rings is 2. The van der Waals surface area contributed by atoms with Crippen molar-refractivity contribution in [2.75, 3.05) is 5.32 Å². The van der Waals surface area contributed by atoms with E-state index in [9.17, 15) is 22.7 Å². The molecule has 0 saturated carbocycles. The minimum absolute atomic E-state index is 0.0450. The standard InChI is InChI=1S/C15H13F4NO/c1-9-6-12(21)4-5-14(9)20-8-10-2-3-11(16)7-13(10)15(17,18)19/h2-7,20-21H,8H2,1H3. The fourth-order valence-electron chi connectivity index (χ4n) is 2.00. The molecule has 112 valence electrons. The van der Waals surface area contributed by atoms with Crippen LogP contribution in [0.4, 0.5) is 23.2 Å². The van der Waals surface area contributed by atoms with Crippen molar-refractivity contribution in [3.63, 3.8) is 0 Å². The van der Waals surface area contributed by atoms with Gasteiger partial charge in [-0.2, -0.15) is 13.2 Å². The van der Waals surface area contributed by atoms with Crippen LogP contribution >= 0.6 is 0 Å². The largest absolute Gasteiger partial charge is 0.508 e. The van der Waals surface area contributed by atoms with Gasteiger partial charge < -0.3 is 10.4 Å². The predicted octanol–water partition coefficient (Wildman–Crippen LogP) is 4.47. The summed E-state index contributed by atoms with van der Waals surface area (Å²) in [6.07, 6.45) is -4.61. The molecule has 0 bridgehead atoms. The molecule has 0 amide bonds. The summed E-state index contributed by atoms with van der Waals surface area (Å²) in [6.45, 7) is 1.62. The van der Waals surface area contributed by atoms with E-state index in [1.165, 1.54) is 12.1 Å². The van der Waals surface area contributed by atoms with Gasteiger partial charge in [-0.1, -0.05) is 6.07 Å². The first-order chi connectivity index (χ1) is 9.77. The monoisotopic (exact) mass is 299 g/mol. The second-order valence-electron chi connectivity index (χ2n) is 4.65. The number of aromatic hydroxyl groups is 1. The van der Waals surface area contributed by atoms with Crippen LogP contribution in [0.15, 0.2) is 36.4 Å². The fraction of sp³-hybridized carbons (Fsp3) is 0.200. The molecule has 2 nitrogen and oxygen atoms in total. The van der Waals surface area contributed by atoms with E-state index in [0.29, 0.717) is 17.3 Å². The summed E-state index contributed by atoms with van der Waals surface area (Å²) in [5.74, 6) is -0.845. The van der Waals surface area contributed by atoms with Crippen LogP contribution in [-0.2, 0) is 12.7 Å². The van der Waals surface area contributed by atoms with Gasteiger partial charge in [0.2, 0.25) is 0 Å². The minimum Gasteiger partial charge on any atom is -0.508 e. The molecule has 0 radical (unpaired) electrons. The normalized spacial score (nSPS) is 11.5. The summed E-state index contributed by atoms with van der Waals surface area (Å²) in [5, 5.41) is 12.1. The van der Waals surface area contributed by atoms with Crippen molar-refractivity contribution in [3.05, 3.63) is 58.9 Å². The van der Waals surface area contributed by atoms with Crippen molar-refractivity contribution in [2.45, 2.75) is 19.6 Å². The van der Waals surface area contributed by atoms with Crippen LogP contribution in [-0.4, -0.2) is 5.11 Å². The van der Waals surface area contributed by atoms with Gasteiger partial charge in [0.15, 0.2) is 0 Å². The average molecular weight is 299 g/mol. The van der Waals surface area contributed by atoms with Gasteiger partial charge in [-0.15, -0.1) is 0 Å². The molecule has 0 unspecified atom stereocenters. The predicted molar refractivity (Wildman–Crippen MR) is 71.6 cm³/mol. The number of hydrogen-bond acceptors (Lipinski definition) is 2. The zero-order valence-electron chi connectivity index (χ0n) is 11.1. The van der Waals surface area contributed by atoms with Crippen molar-refractivity contribution in [2.24, 2.45) is 0 Å². The summed E-state index contributed by atoms with van der Waals surface area (Å²) >= 11 is 0. The second-order valence-corrected chi connectivity index (χ2v) is 4.65. The summed E-state index contributed by atoms with van der Waals surface area (Å²) in [5.41, 5.74) is 0.263. The van der Waals surface area contributed by atoms with Gasteiger partial charge in [0.1, 0.15) is 11.6 Å². The number of phenols is 1. The van der Waals surface area contributed by atoms with Gasteiger partial charge in [-0.3, -0.25) is 0 Å². The number of nitrogens with one attached hydrogen (secondary N) is 1. The first-order valence-electron chi connectivity index (χ1n) is 6.16. The third kappa shape index (κ3) is 3.65. The molecular formula is C15H13F4NO. The molecule has 6 heteroatoms. The van der Waals surface area contributed by atoms with Gasteiger partial charge >= 0.3 is 6.18 Å². The third-order valence-corrected chi connectivity index (χ3v) is 3.06. The van der Waals surface area contributed by atoms with Crippen LogP contribution in [0.5, 0.6) is 5.75 Å². The fourth-order valence-corrected chi connectivity index (χ4v) is 2.00. The van der Waals surface area contributed by atoms with Gasteiger partial charge in [0.25, 0.3) is 0 Å². The van der Waals surface area contributed by atoms with Crippen LogP contribution in [0.3, 0.4) is 0 Å². The maximum atomic E-state index is 13.0. The molecule has 0 aliphatic heterocycles. The Morgan fingerprint density at radius 1 is 1.10 bits per heavy atom. The van der Waals surface area contributed by atoms with E-state index in [2.05, 4.69) is 5.32 Å². The number of anilines is 1. The zero-order chi connectivity index (χ0) is 15.6. The SMILES string of the molecule is Cc1cc(O)ccc1NCc1ccc(F)cc1C(F)(F)F. The van der Waals surface area contributed by atoms with E-state index in [1.807, 2.05) is 0 Å². The lowest BCUT2D eigenvalue weighted by atomic mass is 10.1. The van der Waals surface area contributed by atoms with Gasteiger partial charge in [0.05, 0.1) is 5.56 Å². The smallest absolute Gasteiger partial charge is 0.416 e. The lowest BCUT2D eigenvalue weighted by molar-refractivity contribution is -0.138. The number of phenolic OH excluding ortho intramolecular Hbond substituents is 1. The minimum atomic E-state index is -4.61. The molecule has 2 aromatic carbocycles. The number of aryl methyl sites for hydroxylation is 1. The van der Waals surface area contributed by atoms with E-state index in [0.717, 1.165) is 12.1 Å².